The number of hydrogen-bond donors (Lipinski definition) is 2. The van der Waals surface area contributed by atoms with Crippen LogP contribution >= 0.6 is 11.3 Å². The standard InChI is InChI=1S/C15H19N3OS/c1-11-10-20-15(18-11)3-2-8-17-14(19)9-12-4-6-13(16)7-5-12/h4-7,10H,2-3,8-9,16H2,1H3,(H,17,19). The van der Waals surface area contributed by atoms with Crippen LogP contribution in [0.3, 0.4) is 0 Å². The Morgan fingerprint density at radius 2 is 2.10 bits per heavy atom. The molecule has 5 heteroatoms. The van der Waals surface area contributed by atoms with E-state index in [9.17, 15) is 4.79 Å². The highest BCUT2D eigenvalue weighted by Gasteiger charge is 2.03. The Hall–Kier alpha value is -1.88. The van der Waals surface area contributed by atoms with Crippen molar-refractivity contribution in [2.75, 3.05) is 12.3 Å². The van der Waals surface area contributed by atoms with E-state index < -0.39 is 0 Å². The van der Waals surface area contributed by atoms with E-state index in [2.05, 4.69) is 15.7 Å². The molecule has 2 aromatic rings. The van der Waals surface area contributed by atoms with Gasteiger partial charge in [0.2, 0.25) is 5.91 Å². The number of thiazole rings is 1. The fourth-order valence-corrected chi connectivity index (χ4v) is 2.69. The number of benzene rings is 1. The highest BCUT2D eigenvalue weighted by molar-refractivity contribution is 7.09. The van der Waals surface area contributed by atoms with Crippen LogP contribution in [0, 0.1) is 6.92 Å². The van der Waals surface area contributed by atoms with Crippen molar-refractivity contribution in [3.05, 3.63) is 45.9 Å². The van der Waals surface area contributed by atoms with Crippen LogP contribution in [-0.4, -0.2) is 17.4 Å². The molecule has 0 aliphatic carbocycles. The van der Waals surface area contributed by atoms with Gasteiger partial charge in [0.25, 0.3) is 0 Å². The predicted octanol–water partition coefficient (Wildman–Crippen LogP) is 2.33. The molecule has 0 saturated heterocycles. The van der Waals surface area contributed by atoms with E-state index in [1.807, 2.05) is 31.2 Å². The van der Waals surface area contributed by atoms with Gasteiger partial charge in [-0.2, -0.15) is 0 Å². The molecule has 3 N–H and O–H groups in total. The lowest BCUT2D eigenvalue weighted by Gasteiger charge is -2.05. The maximum absolute atomic E-state index is 11.8. The Bertz CT molecular complexity index is 563. The van der Waals surface area contributed by atoms with Crippen LogP contribution < -0.4 is 11.1 Å². The van der Waals surface area contributed by atoms with Gasteiger partial charge in [-0.15, -0.1) is 11.3 Å². The van der Waals surface area contributed by atoms with Gasteiger partial charge in [-0.3, -0.25) is 4.79 Å². The van der Waals surface area contributed by atoms with Crippen molar-refractivity contribution in [3.63, 3.8) is 0 Å². The average molecular weight is 289 g/mol. The van der Waals surface area contributed by atoms with E-state index in [-0.39, 0.29) is 5.91 Å². The zero-order valence-corrected chi connectivity index (χ0v) is 12.4. The second-order valence-electron chi connectivity index (χ2n) is 4.75. The maximum atomic E-state index is 11.8. The van der Waals surface area contributed by atoms with Crippen LogP contribution in [0.4, 0.5) is 5.69 Å². The average Bonchev–Trinajstić information content (AvgIpc) is 2.83. The Morgan fingerprint density at radius 1 is 1.35 bits per heavy atom. The summed E-state index contributed by atoms with van der Waals surface area (Å²) in [6, 6.07) is 7.39. The smallest absolute Gasteiger partial charge is 0.224 e. The quantitative estimate of drug-likeness (QED) is 0.633. The molecule has 0 saturated carbocycles. The molecule has 0 unspecified atom stereocenters. The molecule has 0 aliphatic rings. The van der Waals surface area contributed by atoms with Crippen molar-refractivity contribution < 1.29 is 4.79 Å². The van der Waals surface area contributed by atoms with Crippen molar-refractivity contribution in [2.45, 2.75) is 26.2 Å². The highest BCUT2D eigenvalue weighted by atomic mass is 32.1. The number of nitrogens with one attached hydrogen (secondary N) is 1. The van der Waals surface area contributed by atoms with Gasteiger partial charge in [0, 0.05) is 29.7 Å². The SMILES string of the molecule is Cc1csc(CCCNC(=O)Cc2ccc(N)cc2)n1. The molecule has 1 aromatic carbocycles. The van der Waals surface area contributed by atoms with Crippen LogP contribution in [-0.2, 0) is 17.6 Å². The summed E-state index contributed by atoms with van der Waals surface area (Å²) in [7, 11) is 0. The van der Waals surface area contributed by atoms with E-state index in [0.717, 1.165) is 29.1 Å². The Labute approximate surface area is 123 Å². The molecule has 0 radical (unpaired) electrons. The molecule has 1 heterocycles. The summed E-state index contributed by atoms with van der Waals surface area (Å²) in [4.78, 5) is 16.2. The van der Waals surface area contributed by atoms with Gasteiger partial charge in [0.05, 0.1) is 11.4 Å². The molecule has 1 amide bonds. The predicted molar refractivity (Wildman–Crippen MR) is 82.7 cm³/mol. The van der Waals surface area contributed by atoms with Gasteiger partial charge in [-0.05, 0) is 31.0 Å². The minimum atomic E-state index is 0.0464. The number of carbonyl (C=O) groups excluding carboxylic acids is 1. The second-order valence-corrected chi connectivity index (χ2v) is 5.70. The van der Waals surface area contributed by atoms with Crippen molar-refractivity contribution >= 4 is 22.9 Å². The number of nitrogens with zero attached hydrogens (tertiary/aromatic N) is 1. The molecule has 4 nitrogen and oxygen atoms in total. The number of anilines is 1. The largest absolute Gasteiger partial charge is 0.399 e. The normalized spacial score (nSPS) is 10.4. The van der Waals surface area contributed by atoms with E-state index in [1.54, 1.807) is 11.3 Å². The summed E-state index contributed by atoms with van der Waals surface area (Å²) in [5.41, 5.74) is 8.37. The third-order valence-corrected chi connectivity index (χ3v) is 3.93. The van der Waals surface area contributed by atoms with Crippen LogP contribution in [0.1, 0.15) is 22.7 Å². The Kier molecular flexibility index (Phi) is 5.12. The van der Waals surface area contributed by atoms with E-state index in [4.69, 9.17) is 5.73 Å². The zero-order valence-electron chi connectivity index (χ0n) is 11.6. The van der Waals surface area contributed by atoms with Crippen molar-refractivity contribution in [1.29, 1.82) is 0 Å². The first-order chi connectivity index (χ1) is 9.63. The molecule has 20 heavy (non-hydrogen) atoms. The topological polar surface area (TPSA) is 68.0 Å². The molecule has 2 rings (SSSR count). The minimum Gasteiger partial charge on any atom is -0.399 e. The number of nitrogens with two attached hydrogens (primary N) is 1. The Balaban J connectivity index is 1.66. The van der Waals surface area contributed by atoms with E-state index >= 15 is 0 Å². The monoisotopic (exact) mass is 289 g/mol. The fraction of sp³-hybridized carbons (Fsp3) is 0.333. The summed E-state index contributed by atoms with van der Waals surface area (Å²) in [6.45, 7) is 2.68. The summed E-state index contributed by atoms with van der Waals surface area (Å²) >= 11 is 1.68. The zero-order chi connectivity index (χ0) is 14.4. The minimum absolute atomic E-state index is 0.0464. The lowest BCUT2D eigenvalue weighted by Crippen LogP contribution is -2.26. The lowest BCUT2D eigenvalue weighted by atomic mass is 10.1. The number of aryl methyl sites for hydroxylation is 2. The molecule has 0 spiro atoms. The van der Waals surface area contributed by atoms with Crippen LogP contribution in [0.5, 0.6) is 0 Å². The second kappa shape index (κ2) is 7.05. The molecule has 0 bridgehead atoms. The van der Waals surface area contributed by atoms with Crippen molar-refractivity contribution in [3.8, 4) is 0 Å². The maximum Gasteiger partial charge on any atom is 0.224 e. The summed E-state index contributed by atoms with van der Waals surface area (Å²) in [5.74, 6) is 0.0464. The molecular formula is C15H19N3OS. The number of aromatic nitrogens is 1. The number of carbonyl (C=O) groups is 1. The molecule has 1 aromatic heterocycles. The van der Waals surface area contributed by atoms with Crippen molar-refractivity contribution in [2.24, 2.45) is 0 Å². The number of hydrogen-bond acceptors (Lipinski definition) is 4. The van der Waals surface area contributed by atoms with Gasteiger partial charge in [-0.25, -0.2) is 4.98 Å². The van der Waals surface area contributed by atoms with E-state index in [0.29, 0.717) is 18.7 Å². The van der Waals surface area contributed by atoms with Gasteiger partial charge in [0.15, 0.2) is 0 Å². The molecular weight excluding hydrogens is 270 g/mol. The lowest BCUT2D eigenvalue weighted by molar-refractivity contribution is -0.120. The number of amides is 1. The van der Waals surface area contributed by atoms with Gasteiger partial charge >= 0.3 is 0 Å². The van der Waals surface area contributed by atoms with Gasteiger partial charge < -0.3 is 11.1 Å². The van der Waals surface area contributed by atoms with Crippen LogP contribution in [0.25, 0.3) is 0 Å². The Morgan fingerprint density at radius 3 is 2.75 bits per heavy atom. The first-order valence-corrected chi connectivity index (χ1v) is 7.53. The van der Waals surface area contributed by atoms with Gasteiger partial charge in [0.1, 0.15) is 0 Å². The third-order valence-electron chi connectivity index (χ3n) is 2.90. The highest BCUT2D eigenvalue weighted by Crippen LogP contribution is 2.10. The summed E-state index contributed by atoms with van der Waals surface area (Å²) < 4.78 is 0. The van der Waals surface area contributed by atoms with Gasteiger partial charge in [-0.1, -0.05) is 12.1 Å². The van der Waals surface area contributed by atoms with E-state index in [1.165, 1.54) is 0 Å². The van der Waals surface area contributed by atoms with Crippen LogP contribution in [0.2, 0.25) is 0 Å². The first-order valence-electron chi connectivity index (χ1n) is 6.65. The summed E-state index contributed by atoms with van der Waals surface area (Å²) in [6.07, 6.45) is 2.23. The molecule has 0 fully saturated rings. The van der Waals surface area contributed by atoms with Crippen molar-refractivity contribution in [1.82, 2.24) is 10.3 Å². The molecule has 0 aliphatic heterocycles. The fourth-order valence-electron chi connectivity index (χ4n) is 1.87. The summed E-state index contributed by atoms with van der Waals surface area (Å²) in [5, 5.41) is 6.11. The van der Waals surface area contributed by atoms with Crippen LogP contribution in [0.15, 0.2) is 29.6 Å². The third kappa shape index (κ3) is 4.66. The first kappa shape index (κ1) is 14.5. The number of rotatable bonds is 6. The molecule has 106 valence electrons. The number of nitrogen functional groups attached to an aromatic ring is 1. The molecule has 0 atom stereocenters.